The molecule has 4 heteroatoms. The summed E-state index contributed by atoms with van der Waals surface area (Å²) in [5.74, 6) is -0.414. The van der Waals surface area contributed by atoms with Crippen LogP contribution in [0.5, 0.6) is 0 Å². The lowest BCUT2D eigenvalue weighted by Crippen LogP contribution is -2.42. The maximum atomic E-state index is 12.7. The fraction of sp³-hybridized carbons (Fsp3) is 0.111. The Bertz CT molecular complexity index is 830. The molecule has 2 heterocycles. The third-order valence-electron chi connectivity index (χ3n) is 4.10. The Morgan fingerprint density at radius 1 is 0.727 bits per heavy atom. The third-order valence-corrected chi connectivity index (χ3v) is 4.10. The van der Waals surface area contributed by atoms with Crippen LogP contribution in [0.4, 0.5) is 0 Å². The summed E-state index contributed by atoms with van der Waals surface area (Å²) in [6, 6.07) is 15.0. The third kappa shape index (κ3) is 1.84. The SMILES string of the molecule is O=C1c2cccc3cccc(c23)C(=O)N1CCn1cccc1. The van der Waals surface area contributed by atoms with Gasteiger partial charge in [-0.25, -0.2) is 0 Å². The minimum Gasteiger partial charge on any atom is -0.352 e. The van der Waals surface area contributed by atoms with Crippen LogP contribution >= 0.6 is 0 Å². The first-order chi connectivity index (χ1) is 10.8. The van der Waals surface area contributed by atoms with E-state index in [1.165, 1.54) is 4.90 Å². The van der Waals surface area contributed by atoms with Gasteiger partial charge in [-0.1, -0.05) is 24.3 Å². The van der Waals surface area contributed by atoms with Gasteiger partial charge in [-0.05, 0) is 29.7 Å². The highest BCUT2D eigenvalue weighted by Gasteiger charge is 2.32. The summed E-state index contributed by atoms with van der Waals surface area (Å²) in [7, 11) is 0. The van der Waals surface area contributed by atoms with Gasteiger partial charge in [-0.15, -0.1) is 0 Å². The zero-order valence-corrected chi connectivity index (χ0v) is 11.9. The summed E-state index contributed by atoms with van der Waals surface area (Å²) in [6.45, 7) is 0.972. The Morgan fingerprint density at radius 3 is 1.91 bits per heavy atom. The van der Waals surface area contributed by atoms with Crippen LogP contribution in [-0.4, -0.2) is 27.8 Å². The molecule has 0 saturated carbocycles. The molecule has 0 N–H and O–H groups in total. The van der Waals surface area contributed by atoms with Gasteiger partial charge in [0.15, 0.2) is 0 Å². The molecule has 2 amide bonds. The van der Waals surface area contributed by atoms with Crippen molar-refractivity contribution in [3.8, 4) is 0 Å². The largest absolute Gasteiger partial charge is 0.352 e. The summed E-state index contributed by atoms with van der Waals surface area (Å²) in [6.07, 6.45) is 3.85. The average Bonchev–Trinajstić information content (AvgIpc) is 3.06. The molecule has 108 valence electrons. The van der Waals surface area contributed by atoms with E-state index < -0.39 is 0 Å². The van der Waals surface area contributed by atoms with E-state index >= 15 is 0 Å². The number of rotatable bonds is 3. The van der Waals surface area contributed by atoms with E-state index in [4.69, 9.17) is 0 Å². The molecule has 1 aliphatic heterocycles. The molecule has 22 heavy (non-hydrogen) atoms. The van der Waals surface area contributed by atoms with Crippen molar-refractivity contribution in [2.75, 3.05) is 6.54 Å². The Hall–Kier alpha value is -2.88. The van der Waals surface area contributed by atoms with Crippen LogP contribution in [0.15, 0.2) is 60.9 Å². The Labute approximate surface area is 127 Å². The molecule has 4 nitrogen and oxygen atoms in total. The highest BCUT2D eigenvalue weighted by Crippen LogP contribution is 2.29. The lowest BCUT2D eigenvalue weighted by atomic mass is 9.94. The van der Waals surface area contributed by atoms with Gasteiger partial charge in [0.1, 0.15) is 0 Å². The molecule has 4 rings (SSSR count). The van der Waals surface area contributed by atoms with Crippen molar-refractivity contribution in [3.63, 3.8) is 0 Å². The number of imide groups is 1. The first-order valence-electron chi connectivity index (χ1n) is 7.24. The van der Waals surface area contributed by atoms with Crippen LogP contribution in [0.25, 0.3) is 10.8 Å². The number of amides is 2. The second-order valence-electron chi connectivity index (χ2n) is 5.39. The van der Waals surface area contributed by atoms with Crippen molar-refractivity contribution in [3.05, 3.63) is 72.1 Å². The predicted molar refractivity (Wildman–Crippen MR) is 83.7 cm³/mol. The van der Waals surface area contributed by atoms with Crippen molar-refractivity contribution in [1.82, 2.24) is 9.47 Å². The zero-order chi connectivity index (χ0) is 15.1. The molecule has 0 unspecified atom stereocenters. The average molecular weight is 290 g/mol. The summed E-state index contributed by atoms with van der Waals surface area (Å²) >= 11 is 0. The molecule has 1 aromatic heterocycles. The van der Waals surface area contributed by atoms with Crippen molar-refractivity contribution >= 4 is 22.6 Å². The number of nitrogens with zero attached hydrogens (tertiary/aromatic N) is 2. The fourth-order valence-corrected chi connectivity index (χ4v) is 3.02. The van der Waals surface area contributed by atoms with Gasteiger partial charge >= 0.3 is 0 Å². The number of carbonyl (C=O) groups is 2. The standard InChI is InChI=1S/C18H14N2O2/c21-17-14-7-3-5-13-6-4-8-15(16(13)14)18(22)20(17)12-11-19-9-1-2-10-19/h1-10H,11-12H2. The maximum absolute atomic E-state index is 12.7. The lowest BCUT2D eigenvalue weighted by molar-refractivity contribution is 0.0605. The highest BCUT2D eigenvalue weighted by atomic mass is 16.2. The maximum Gasteiger partial charge on any atom is 0.261 e. The Morgan fingerprint density at radius 2 is 1.32 bits per heavy atom. The van der Waals surface area contributed by atoms with Crippen molar-refractivity contribution < 1.29 is 9.59 Å². The van der Waals surface area contributed by atoms with E-state index in [0.29, 0.717) is 24.2 Å². The van der Waals surface area contributed by atoms with Gasteiger partial charge in [0, 0.05) is 42.0 Å². The number of benzene rings is 2. The van der Waals surface area contributed by atoms with Gasteiger partial charge in [-0.3, -0.25) is 14.5 Å². The van der Waals surface area contributed by atoms with E-state index in [1.54, 1.807) is 12.1 Å². The van der Waals surface area contributed by atoms with Crippen LogP contribution in [0.3, 0.4) is 0 Å². The fourth-order valence-electron chi connectivity index (χ4n) is 3.02. The van der Waals surface area contributed by atoms with E-state index in [9.17, 15) is 9.59 Å². The Balaban J connectivity index is 1.75. The lowest BCUT2D eigenvalue weighted by Gasteiger charge is -2.27. The monoisotopic (exact) mass is 290 g/mol. The van der Waals surface area contributed by atoms with Gasteiger partial charge in [-0.2, -0.15) is 0 Å². The summed E-state index contributed by atoms with van der Waals surface area (Å²) < 4.78 is 1.96. The normalized spacial score (nSPS) is 13.9. The Kier molecular flexibility index (Phi) is 2.82. The molecular formula is C18H14N2O2. The number of aromatic nitrogens is 1. The van der Waals surface area contributed by atoms with E-state index in [2.05, 4.69) is 0 Å². The minimum absolute atomic E-state index is 0.207. The van der Waals surface area contributed by atoms with Crippen LogP contribution in [-0.2, 0) is 6.54 Å². The molecule has 0 aliphatic carbocycles. The van der Waals surface area contributed by atoms with E-state index in [0.717, 1.165) is 10.8 Å². The van der Waals surface area contributed by atoms with E-state index in [1.807, 2.05) is 53.4 Å². The number of hydrogen-bond donors (Lipinski definition) is 0. The second-order valence-corrected chi connectivity index (χ2v) is 5.39. The quantitative estimate of drug-likeness (QED) is 0.696. The summed E-state index contributed by atoms with van der Waals surface area (Å²) in [5.41, 5.74) is 1.22. The van der Waals surface area contributed by atoms with Crippen LogP contribution in [0, 0.1) is 0 Å². The van der Waals surface area contributed by atoms with Crippen LogP contribution < -0.4 is 0 Å². The molecule has 1 aliphatic rings. The molecular weight excluding hydrogens is 276 g/mol. The second kappa shape index (κ2) is 4.84. The minimum atomic E-state index is -0.207. The molecule has 0 atom stereocenters. The smallest absolute Gasteiger partial charge is 0.261 e. The predicted octanol–water partition coefficient (Wildman–Crippen LogP) is 2.94. The summed E-state index contributed by atoms with van der Waals surface area (Å²) in [5, 5.41) is 1.71. The molecule has 0 radical (unpaired) electrons. The molecule has 3 aromatic rings. The van der Waals surface area contributed by atoms with Crippen LogP contribution in [0.1, 0.15) is 20.7 Å². The summed E-state index contributed by atoms with van der Waals surface area (Å²) in [4.78, 5) is 26.7. The van der Waals surface area contributed by atoms with Gasteiger partial charge in [0.05, 0.1) is 0 Å². The first kappa shape index (κ1) is 12.8. The zero-order valence-electron chi connectivity index (χ0n) is 11.9. The topological polar surface area (TPSA) is 42.3 Å². The number of carbonyl (C=O) groups excluding carboxylic acids is 2. The van der Waals surface area contributed by atoms with Gasteiger partial charge in [0.25, 0.3) is 11.8 Å². The van der Waals surface area contributed by atoms with Crippen molar-refractivity contribution in [2.45, 2.75) is 6.54 Å². The van der Waals surface area contributed by atoms with Gasteiger partial charge < -0.3 is 4.57 Å². The van der Waals surface area contributed by atoms with Gasteiger partial charge in [0.2, 0.25) is 0 Å². The molecule has 0 spiro atoms. The van der Waals surface area contributed by atoms with Crippen molar-refractivity contribution in [1.29, 1.82) is 0 Å². The first-order valence-corrected chi connectivity index (χ1v) is 7.24. The molecule has 0 bridgehead atoms. The number of hydrogen-bond acceptors (Lipinski definition) is 2. The van der Waals surface area contributed by atoms with E-state index in [-0.39, 0.29) is 11.8 Å². The molecule has 0 saturated heterocycles. The molecule has 0 fully saturated rings. The molecule has 2 aromatic carbocycles. The van der Waals surface area contributed by atoms with Crippen molar-refractivity contribution in [2.24, 2.45) is 0 Å². The van der Waals surface area contributed by atoms with Crippen LogP contribution in [0.2, 0.25) is 0 Å². The highest BCUT2D eigenvalue weighted by molar-refractivity contribution is 6.25.